The highest BCUT2D eigenvalue weighted by molar-refractivity contribution is 5.82. The summed E-state index contributed by atoms with van der Waals surface area (Å²) < 4.78 is 0. The summed E-state index contributed by atoms with van der Waals surface area (Å²) in [6.07, 6.45) is 0. The molecule has 4 nitrogen and oxygen atoms in total. The minimum Gasteiger partial charge on any atom is -0.339 e. The molecule has 0 aromatic carbocycles. The Labute approximate surface area is 98.8 Å². The zero-order valence-electron chi connectivity index (χ0n) is 11.1. The molecule has 2 unspecified atom stereocenters. The van der Waals surface area contributed by atoms with Crippen LogP contribution in [0.15, 0.2) is 0 Å². The molecular weight excluding hydrogens is 202 g/mol. The van der Waals surface area contributed by atoms with Crippen molar-refractivity contribution < 1.29 is 4.79 Å². The summed E-state index contributed by atoms with van der Waals surface area (Å²) in [6, 6.07) is 0.108. The molecule has 1 saturated heterocycles. The van der Waals surface area contributed by atoms with Crippen LogP contribution in [0.3, 0.4) is 0 Å². The number of carbonyl (C=O) groups excluding carboxylic acids is 1. The first kappa shape index (κ1) is 13.5. The van der Waals surface area contributed by atoms with Crippen LogP contribution in [0.4, 0.5) is 0 Å². The molecule has 1 heterocycles. The van der Waals surface area contributed by atoms with Crippen molar-refractivity contribution in [3.8, 4) is 0 Å². The van der Waals surface area contributed by atoms with Crippen molar-refractivity contribution in [3.63, 3.8) is 0 Å². The molecular formula is C12H25N3O. The molecule has 0 spiro atoms. The van der Waals surface area contributed by atoms with Gasteiger partial charge in [0.15, 0.2) is 0 Å². The Morgan fingerprint density at radius 2 is 1.94 bits per heavy atom. The first-order chi connectivity index (χ1) is 7.34. The van der Waals surface area contributed by atoms with Crippen molar-refractivity contribution in [1.29, 1.82) is 0 Å². The average molecular weight is 227 g/mol. The van der Waals surface area contributed by atoms with Gasteiger partial charge in [-0.2, -0.15) is 0 Å². The number of likely N-dealkylation sites (N-methyl/N-ethyl adjacent to an activating group) is 1. The van der Waals surface area contributed by atoms with Crippen LogP contribution >= 0.6 is 0 Å². The summed E-state index contributed by atoms with van der Waals surface area (Å²) in [5, 5.41) is 0. The molecule has 1 aliphatic heterocycles. The Kier molecular flexibility index (Phi) is 4.33. The molecule has 0 saturated carbocycles. The Hall–Kier alpha value is -0.610. The van der Waals surface area contributed by atoms with E-state index in [4.69, 9.17) is 5.73 Å². The fraction of sp³-hybridized carbons (Fsp3) is 0.917. The van der Waals surface area contributed by atoms with E-state index in [9.17, 15) is 4.79 Å². The van der Waals surface area contributed by atoms with Crippen LogP contribution in [-0.2, 0) is 4.79 Å². The average Bonchev–Trinajstić information content (AvgIpc) is 2.58. The number of nitrogens with zero attached hydrogens (tertiary/aromatic N) is 2. The van der Waals surface area contributed by atoms with Gasteiger partial charge in [-0.25, -0.2) is 0 Å². The van der Waals surface area contributed by atoms with E-state index in [0.717, 1.165) is 13.1 Å². The second-order valence-corrected chi connectivity index (χ2v) is 5.52. The van der Waals surface area contributed by atoms with Crippen molar-refractivity contribution in [2.75, 3.05) is 27.2 Å². The summed E-state index contributed by atoms with van der Waals surface area (Å²) in [6.45, 7) is 7.82. The van der Waals surface area contributed by atoms with E-state index in [0.29, 0.717) is 12.0 Å². The molecule has 94 valence electrons. The highest BCUT2D eigenvalue weighted by Gasteiger charge is 2.35. The van der Waals surface area contributed by atoms with E-state index in [2.05, 4.69) is 25.9 Å². The summed E-state index contributed by atoms with van der Waals surface area (Å²) >= 11 is 0. The van der Waals surface area contributed by atoms with E-state index in [1.165, 1.54) is 0 Å². The topological polar surface area (TPSA) is 49.6 Å². The van der Waals surface area contributed by atoms with Crippen LogP contribution in [-0.4, -0.2) is 55.0 Å². The number of likely N-dealkylation sites (tertiary alicyclic amines) is 1. The molecule has 0 bridgehead atoms. The van der Waals surface area contributed by atoms with E-state index in [1.807, 2.05) is 18.7 Å². The lowest BCUT2D eigenvalue weighted by atomic mass is 10.0. The fourth-order valence-electron chi connectivity index (χ4n) is 2.30. The molecule has 1 amide bonds. The van der Waals surface area contributed by atoms with Gasteiger partial charge in [0.2, 0.25) is 5.91 Å². The molecule has 0 aromatic rings. The Morgan fingerprint density at radius 1 is 1.38 bits per heavy atom. The van der Waals surface area contributed by atoms with E-state index in [-0.39, 0.29) is 17.9 Å². The molecule has 1 rings (SSSR count). The maximum Gasteiger partial charge on any atom is 0.239 e. The summed E-state index contributed by atoms with van der Waals surface area (Å²) in [5.74, 6) is 0.839. The largest absolute Gasteiger partial charge is 0.339 e. The maximum atomic E-state index is 12.1. The molecule has 4 heteroatoms. The molecule has 16 heavy (non-hydrogen) atoms. The number of hydrogen-bond donors (Lipinski definition) is 1. The van der Waals surface area contributed by atoms with Crippen LogP contribution in [0.1, 0.15) is 20.8 Å². The monoisotopic (exact) mass is 227 g/mol. The van der Waals surface area contributed by atoms with Gasteiger partial charge < -0.3 is 15.5 Å². The summed E-state index contributed by atoms with van der Waals surface area (Å²) in [7, 11) is 4.13. The van der Waals surface area contributed by atoms with Crippen LogP contribution < -0.4 is 5.73 Å². The van der Waals surface area contributed by atoms with Gasteiger partial charge in [-0.3, -0.25) is 4.79 Å². The second-order valence-electron chi connectivity index (χ2n) is 5.52. The molecule has 0 aromatic heterocycles. The van der Waals surface area contributed by atoms with E-state index in [1.54, 1.807) is 0 Å². The predicted octanol–water partition coefficient (Wildman–Crippen LogP) is 0.378. The number of hydrogen-bond acceptors (Lipinski definition) is 3. The summed E-state index contributed by atoms with van der Waals surface area (Å²) in [5.41, 5.74) is 5.90. The molecule has 2 N–H and O–H groups in total. The smallest absolute Gasteiger partial charge is 0.239 e. The van der Waals surface area contributed by atoms with Gasteiger partial charge in [-0.15, -0.1) is 0 Å². The van der Waals surface area contributed by atoms with Crippen molar-refractivity contribution in [2.24, 2.45) is 17.6 Å². The fourth-order valence-corrected chi connectivity index (χ4v) is 2.30. The normalized spacial score (nSPS) is 27.9. The number of amides is 1. The third-order valence-electron chi connectivity index (χ3n) is 3.55. The van der Waals surface area contributed by atoms with Crippen molar-refractivity contribution in [2.45, 2.75) is 32.9 Å². The predicted molar refractivity (Wildman–Crippen MR) is 66.0 cm³/mol. The number of nitrogens with two attached hydrogens (primary N) is 1. The third kappa shape index (κ3) is 2.74. The van der Waals surface area contributed by atoms with Crippen LogP contribution in [0, 0.1) is 11.8 Å². The van der Waals surface area contributed by atoms with E-state index >= 15 is 0 Å². The number of rotatable bonds is 3. The highest BCUT2D eigenvalue weighted by Crippen LogP contribution is 2.21. The SMILES string of the molecule is CC1CN(C(=O)[C@@H](N)C(C)C)CC1N(C)C. The van der Waals surface area contributed by atoms with E-state index < -0.39 is 0 Å². The van der Waals surface area contributed by atoms with Crippen molar-refractivity contribution >= 4 is 5.91 Å². The first-order valence-electron chi connectivity index (χ1n) is 6.05. The highest BCUT2D eigenvalue weighted by atomic mass is 16.2. The molecule has 1 aliphatic rings. The van der Waals surface area contributed by atoms with Gasteiger partial charge in [0, 0.05) is 19.1 Å². The van der Waals surface area contributed by atoms with Gasteiger partial charge in [-0.1, -0.05) is 20.8 Å². The van der Waals surface area contributed by atoms with Crippen LogP contribution in [0.5, 0.6) is 0 Å². The van der Waals surface area contributed by atoms with Gasteiger partial charge >= 0.3 is 0 Å². The standard InChI is InChI=1S/C12H25N3O/c1-8(2)11(13)12(16)15-6-9(3)10(7-15)14(4)5/h8-11H,6-7,13H2,1-5H3/t9?,10?,11-/m0/s1. The second kappa shape index (κ2) is 5.15. The lowest BCUT2D eigenvalue weighted by Crippen LogP contribution is -2.46. The molecule has 1 fully saturated rings. The van der Waals surface area contributed by atoms with Crippen molar-refractivity contribution in [1.82, 2.24) is 9.80 Å². The Morgan fingerprint density at radius 3 is 2.31 bits per heavy atom. The number of carbonyl (C=O) groups is 1. The van der Waals surface area contributed by atoms with Gasteiger partial charge in [0.05, 0.1) is 6.04 Å². The zero-order valence-corrected chi connectivity index (χ0v) is 11.1. The van der Waals surface area contributed by atoms with Gasteiger partial charge in [0.1, 0.15) is 0 Å². The van der Waals surface area contributed by atoms with Gasteiger partial charge in [0.25, 0.3) is 0 Å². The zero-order chi connectivity index (χ0) is 12.5. The minimum atomic E-state index is -0.354. The lowest BCUT2D eigenvalue weighted by molar-refractivity contribution is -0.132. The Bertz CT molecular complexity index is 253. The van der Waals surface area contributed by atoms with Crippen molar-refractivity contribution in [3.05, 3.63) is 0 Å². The molecule has 0 radical (unpaired) electrons. The van der Waals surface area contributed by atoms with Crippen LogP contribution in [0.25, 0.3) is 0 Å². The molecule has 0 aliphatic carbocycles. The van der Waals surface area contributed by atoms with Crippen LogP contribution in [0.2, 0.25) is 0 Å². The first-order valence-corrected chi connectivity index (χ1v) is 6.05. The minimum absolute atomic E-state index is 0.103. The maximum absolute atomic E-state index is 12.1. The lowest BCUT2D eigenvalue weighted by Gasteiger charge is -2.24. The summed E-state index contributed by atoms with van der Waals surface area (Å²) in [4.78, 5) is 16.2. The Balaban J connectivity index is 2.61. The third-order valence-corrected chi connectivity index (χ3v) is 3.55. The molecule has 3 atom stereocenters. The quantitative estimate of drug-likeness (QED) is 0.758. The van der Waals surface area contributed by atoms with Gasteiger partial charge in [-0.05, 0) is 25.9 Å².